The summed E-state index contributed by atoms with van der Waals surface area (Å²) in [6.07, 6.45) is 6.08. The minimum Gasteiger partial charge on any atom is -0.339 e. The summed E-state index contributed by atoms with van der Waals surface area (Å²) < 4.78 is 0. The molecule has 0 aromatic heterocycles. The summed E-state index contributed by atoms with van der Waals surface area (Å²) in [7, 11) is 0. The van der Waals surface area contributed by atoms with Crippen LogP contribution in [0, 0.1) is 0 Å². The first-order valence-corrected chi connectivity index (χ1v) is 8.02. The molecule has 22 heavy (non-hydrogen) atoms. The van der Waals surface area contributed by atoms with Crippen LogP contribution < -0.4 is 0 Å². The van der Waals surface area contributed by atoms with E-state index < -0.39 is 0 Å². The number of fused-ring (bicyclic) bond motifs is 2. The smallest absolute Gasteiger partial charge is 0.247 e. The second-order valence-electron chi connectivity index (χ2n) is 6.03. The average Bonchev–Trinajstić information content (AvgIpc) is 2.82. The van der Waals surface area contributed by atoms with Gasteiger partial charge in [0.25, 0.3) is 0 Å². The Morgan fingerprint density at radius 2 is 1.77 bits per heavy atom. The second kappa shape index (κ2) is 6.34. The Morgan fingerprint density at radius 1 is 1.14 bits per heavy atom. The predicted octanol–water partition coefficient (Wildman–Crippen LogP) is 2.31. The standard InChI is InChI=1S/C18H22N2O2/c1-2-17(21)19-12-15-9-10-16(13-19)20(15)18(22)11-8-14-6-4-3-5-7-14/h3-8,11,15-16H,2,9-10,12-13H2,1H3/b11-8+. The molecule has 2 atom stereocenters. The highest BCUT2D eigenvalue weighted by molar-refractivity contribution is 5.92. The van der Waals surface area contributed by atoms with Gasteiger partial charge >= 0.3 is 0 Å². The normalized spacial score (nSPS) is 24.0. The SMILES string of the molecule is CCC(=O)N1CC2CCC(C1)N2C(=O)/C=C/c1ccccc1. The predicted molar refractivity (Wildman–Crippen MR) is 86.0 cm³/mol. The lowest BCUT2D eigenvalue weighted by Gasteiger charge is -2.40. The van der Waals surface area contributed by atoms with Crippen molar-refractivity contribution in [3.05, 3.63) is 42.0 Å². The first-order valence-electron chi connectivity index (χ1n) is 8.02. The van der Waals surface area contributed by atoms with Gasteiger partial charge in [-0.15, -0.1) is 0 Å². The molecule has 0 aliphatic carbocycles. The molecule has 2 heterocycles. The lowest BCUT2D eigenvalue weighted by Crippen LogP contribution is -2.56. The molecule has 0 N–H and O–H groups in total. The Hall–Kier alpha value is -2.10. The van der Waals surface area contributed by atoms with Crippen LogP contribution in [0.1, 0.15) is 31.7 Å². The average molecular weight is 298 g/mol. The van der Waals surface area contributed by atoms with Crippen molar-refractivity contribution in [3.63, 3.8) is 0 Å². The fraction of sp³-hybridized carbons (Fsp3) is 0.444. The minimum atomic E-state index is 0.0694. The van der Waals surface area contributed by atoms with Gasteiger partial charge in [0.05, 0.1) is 12.1 Å². The molecule has 0 radical (unpaired) electrons. The van der Waals surface area contributed by atoms with Crippen molar-refractivity contribution < 1.29 is 9.59 Å². The molecular formula is C18H22N2O2. The van der Waals surface area contributed by atoms with Crippen LogP contribution in [-0.2, 0) is 9.59 Å². The van der Waals surface area contributed by atoms with Crippen molar-refractivity contribution in [3.8, 4) is 0 Å². The molecule has 2 bridgehead atoms. The van der Waals surface area contributed by atoms with Crippen LogP contribution in [0.15, 0.2) is 36.4 Å². The molecule has 3 rings (SSSR count). The van der Waals surface area contributed by atoms with Gasteiger partial charge in [0.1, 0.15) is 0 Å². The maximum atomic E-state index is 12.5. The number of likely N-dealkylation sites (tertiary alicyclic amines) is 1. The molecule has 4 nitrogen and oxygen atoms in total. The van der Waals surface area contributed by atoms with E-state index in [4.69, 9.17) is 0 Å². The fourth-order valence-electron chi connectivity index (χ4n) is 3.51. The van der Waals surface area contributed by atoms with Gasteiger partial charge in [-0.05, 0) is 24.5 Å². The highest BCUT2D eigenvalue weighted by Gasteiger charge is 2.42. The molecule has 2 unspecified atom stereocenters. The van der Waals surface area contributed by atoms with Gasteiger partial charge < -0.3 is 9.80 Å². The van der Waals surface area contributed by atoms with Crippen LogP contribution in [-0.4, -0.2) is 46.8 Å². The number of rotatable bonds is 3. The molecule has 2 amide bonds. The van der Waals surface area contributed by atoms with E-state index in [2.05, 4.69) is 0 Å². The van der Waals surface area contributed by atoms with Crippen LogP contribution in [0.2, 0.25) is 0 Å². The van der Waals surface area contributed by atoms with Crippen LogP contribution in [0.4, 0.5) is 0 Å². The maximum Gasteiger partial charge on any atom is 0.247 e. The van der Waals surface area contributed by atoms with Gasteiger partial charge in [-0.1, -0.05) is 37.3 Å². The quantitative estimate of drug-likeness (QED) is 0.804. The lowest BCUT2D eigenvalue weighted by molar-refractivity contribution is -0.140. The molecule has 4 heteroatoms. The molecule has 116 valence electrons. The van der Waals surface area contributed by atoms with Crippen LogP contribution in [0.3, 0.4) is 0 Å². The number of hydrogen-bond donors (Lipinski definition) is 0. The van der Waals surface area contributed by atoms with E-state index in [0.717, 1.165) is 18.4 Å². The maximum absolute atomic E-state index is 12.5. The van der Waals surface area contributed by atoms with Crippen molar-refractivity contribution in [2.75, 3.05) is 13.1 Å². The Kier molecular flexibility index (Phi) is 4.27. The van der Waals surface area contributed by atoms with Crippen molar-refractivity contribution in [1.82, 2.24) is 9.80 Å². The van der Waals surface area contributed by atoms with Crippen LogP contribution in [0.25, 0.3) is 6.08 Å². The first kappa shape index (κ1) is 14.8. The van der Waals surface area contributed by atoms with E-state index in [1.165, 1.54) is 0 Å². The second-order valence-corrected chi connectivity index (χ2v) is 6.03. The lowest BCUT2D eigenvalue weighted by atomic mass is 10.1. The summed E-state index contributed by atoms with van der Waals surface area (Å²) in [6.45, 7) is 3.27. The van der Waals surface area contributed by atoms with Crippen molar-refractivity contribution in [2.24, 2.45) is 0 Å². The zero-order valence-electron chi connectivity index (χ0n) is 12.9. The number of carbonyl (C=O) groups is 2. The largest absolute Gasteiger partial charge is 0.339 e. The molecule has 2 saturated heterocycles. The summed E-state index contributed by atoms with van der Waals surface area (Å²) in [5, 5.41) is 0. The number of carbonyl (C=O) groups excluding carboxylic acids is 2. The molecule has 2 fully saturated rings. The number of piperazine rings is 1. The van der Waals surface area contributed by atoms with Crippen molar-refractivity contribution in [1.29, 1.82) is 0 Å². The summed E-state index contributed by atoms with van der Waals surface area (Å²) in [6, 6.07) is 10.2. The topological polar surface area (TPSA) is 40.6 Å². The Morgan fingerprint density at radius 3 is 2.36 bits per heavy atom. The van der Waals surface area contributed by atoms with Crippen molar-refractivity contribution in [2.45, 2.75) is 38.3 Å². The Labute approximate surface area is 131 Å². The van der Waals surface area contributed by atoms with Gasteiger partial charge in [0.15, 0.2) is 0 Å². The van der Waals surface area contributed by atoms with E-state index in [9.17, 15) is 9.59 Å². The summed E-state index contributed by atoms with van der Waals surface area (Å²) in [5.74, 6) is 0.267. The van der Waals surface area contributed by atoms with Gasteiger partial charge in [0.2, 0.25) is 11.8 Å². The fourth-order valence-corrected chi connectivity index (χ4v) is 3.51. The molecule has 2 aliphatic heterocycles. The highest BCUT2D eigenvalue weighted by Crippen LogP contribution is 2.30. The third-order valence-corrected chi connectivity index (χ3v) is 4.61. The van der Waals surface area contributed by atoms with E-state index in [0.29, 0.717) is 19.5 Å². The first-order chi connectivity index (χ1) is 10.7. The molecule has 1 aromatic carbocycles. The summed E-state index contributed by atoms with van der Waals surface area (Å²) in [5.41, 5.74) is 1.03. The molecular weight excluding hydrogens is 276 g/mol. The Balaban J connectivity index is 1.67. The van der Waals surface area contributed by atoms with Crippen LogP contribution in [0.5, 0.6) is 0 Å². The minimum absolute atomic E-state index is 0.0694. The summed E-state index contributed by atoms with van der Waals surface area (Å²) >= 11 is 0. The van der Waals surface area contributed by atoms with Crippen LogP contribution >= 0.6 is 0 Å². The number of benzene rings is 1. The number of amides is 2. The molecule has 1 aromatic rings. The van der Waals surface area contributed by atoms with Crippen molar-refractivity contribution >= 4 is 17.9 Å². The van der Waals surface area contributed by atoms with E-state index in [1.54, 1.807) is 6.08 Å². The molecule has 0 saturated carbocycles. The third-order valence-electron chi connectivity index (χ3n) is 4.61. The van der Waals surface area contributed by atoms with E-state index >= 15 is 0 Å². The third kappa shape index (κ3) is 2.91. The van der Waals surface area contributed by atoms with E-state index in [1.807, 2.05) is 53.1 Å². The van der Waals surface area contributed by atoms with Gasteiger partial charge in [-0.2, -0.15) is 0 Å². The van der Waals surface area contributed by atoms with Gasteiger partial charge in [0, 0.05) is 25.6 Å². The monoisotopic (exact) mass is 298 g/mol. The number of nitrogens with zero attached hydrogens (tertiary/aromatic N) is 2. The summed E-state index contributed by atoms with van der Waals surface area (Å²) in [4.78, 5) is 28.3. The Bertz CT molecular complexity index is 568. The van der Waals surface area contributed by atoms with Gasteiger partial charge in [-0.3, -0.25) is 9.59 Å². The molecule has 2 aliphatic rings. The zero-order chi connectivity index (χ0) is 15.5. The van der Waals surface area contributed by atoms with E-state index in [-0.39, 0.29) is 23.9 Å². The number of hydrogen-bond acceptors (Lipinski definition) is 2. The molecule has 0 spiro atoms. The zero-order valence-corrected chi connectivity index (χ0v) is 12.9. The van der Waals surface area contributed by atoms with Gasteiger partial charge in [-0.25, -0.2) is 0 Å². The highest BCUT2D eigenvalue weighted by atomic mass is 16.2.